The van der Waals surface area contributed by atoms with Gasteiger partial charge in [0, 0.05) is 12.4 Å². The Labute approximate surface area is 126 Å². The topological polar surface area (TPSA) is 115 Å². The third-order valence-electron chi connectivity index (χ3n) is 2.54. The second kappa shape index (κ2) is 6.17. The van der Waals surface area contributed by atoms with Crippen LogP contribution in [0.1, 0.15) is 16.1 Å². The average Bonchev–Trinajstić information content (AvgIpc) is 2.45. The number of hydrogen-bond donors (Lipinski definition) is 2. The van der Waals surface area contributed by atoms with E-state index in [4.69, 9.17) is 16.7 Å². The zero-order chi connectivity index (χ0) is 15.5. The van der Waals surface area contributed by atoms with Crippen molar-refractivity contribution < 1.29 is 13.2 Å². The third kappa shape index (κ3) is 3.97. The van der Waals surface area contributed by atoms with Crippen molar-refractivity contribution in [3.8, 4) is 0 Å². The lowest BCUT2D eigenvalue weighted by Crippen LogP contribution is -2.24. The van der Waals surface area contributed by atoms with Crippen LogP contribution in [-0.4, -0.2) is 24.3 Å². The van der Waals surface area contributed by atoms with E-state index in [2.05, 4.69) is 15.3 Å². The van der Waals surface area contributed by atoms with E-state index in [1.54, 1.807) is 24.4 Å². The Morgan fingerprint density at radius 2 is 2.10 bits per heavy atom. The predicted molar refractivity (Wildman–Crippen MR) is 76.0 cm³/mol. The molecule has 2 heterocycles. The van der Waals surface area contributed by atoms with E-state index in [1.807, 2.05) is 0 Å². The number of primary sulfonamides is 1. The van der Waals surface area contributed by atoms with E-state index in [0.717, 1.165) is 12.3 Å². The number of nitrogens with one attached hydrogen (secondary N) is 1. The summed E-state index contributed by atoms with van der Waals surface area (Å²) >= 11 is 5.80. The van der Waals surface area contributed by atoms with Gasteiger partial charge >= 0.3 is 0 Å². The molecule has 0 aromatic carbocycles. The minimum atomic E-state index is -3.96. The molecule has 0 unspecified atom stereocenters. The number of halogens is 1. The van der Waals surface area contributed by atoms with E-state index < -0.39 is 15.9 Å². The second-order valence-electron chi connectivity index (χ2n) is 4.06. The van der Waals surface area contributed by atoms with Gasteiger partial charge in [0.25, 0.3) is 5.91 Å². The molecule has 7 nitrogen and oxygen atoms in total. The fraction of sp³-hybridized carbons (Fsp3) is 0.0833. The largest absolute Gasteiger partial charge is 0.346 e. The van der Waals surface area contributed by atoms with Gasteiger partial charge in [-0.1, -0.05) is 17.7 Å². The van der Waals surface area contributed by atoms with Gasteiger partial charge < -0.3 is 5.32 Å². The Balaban J connectivity index is 2.19. The summed E-state index contributed by atoms with van der Waals surface area (Å²) in [6.45, 7) is 0.176. The Kier molecular flexibility index (Phi) is 4.51. The van der Waals surface area contributed by atoms with E-state index in [1.165, 1.54) is 0 Å². The molecule has 0 aliphatic heterocycles. The standard InChI is InChI=1S/C12H11ClN4O3S/c13-11-10(5-9(7-16-11)21(14,19)20)12(18)17-6-8-3-1-2-4-15-8/h1-5,7H,6H2,(H,17,18)(H2,14,19,20). The van der Waals surface area contributed by atoms with Gasteiger partial charge in [-0.25, -0.2) is 18.5 Å². The molecule has 110 valence electrons. The molecule has 2 aromatic rings. The summed E-state index contributed by atoms with van der Waals surface area (Å²) in [5.74, 6) is -0.566. The molecule has 0 fully saturated rings. The molecule has 2 rings (SSSR count). The third-order valence-corrected chi connectivity index (χ3v) is 3.72. The highest BCUT2D eigenvalue weighted by Crippen LogP contribution is 2.16. The first kappa shape index (κ1) is 15.4. The molecule has 0 saturated carbocycles. The lowest BCUT2D eigenvalue weighted by molar-refractivity contribution is 0.0950. The molecule has 21 heavy (non-hydrogen) atoms. The summed E-state index contributed by atoms with van der Waals surface area (Å²) in [6.07, 6.45) is 2.59. The van der Waals surface area contributed by atoms with Gasteiger partial charge in [0.2, 0.25) is 10.0 Å². The maximum atomic E-state index is 12.0. The summed E-state index contributed by atoms with van der Waals surface area (Å²) < 4.78 is 22.5. The normalized spacial score (nSPS) is 11.1. The molecule has 9 heteroatoms. The monoisotopic (exact) mass is 326 g/mol. The average molecular weight is 327 g/mol. The Bertz CT molecular complexity index is 765. The van der Waals surface area contributed by atoms with Crippen molar-refractivity contribution in [1.82, 2.24) is 15.3 Å². The van der Waals surface area contributed by atoms with Gasteiger partial charge in [0.05, 0.1) is 17.8 Å². The number of sulfonamides is 1. The number of carbonyl (C=O) groups is 1. The zero-order valence-corrected chi connectivity index (χ0v) is 12.2. The van der Waals surface area contributed by atoms with E-state index in [0.29, 0.717) is 5.69 Å². The highest BCUT2D eigenvalue weighted by Gasteiger charge is 2.16. The number of pyridine rings is 2. The highest BCUT2D eigenvalue weighted by atomic mass is 35.5. The SMILES string of the molecule is NS(=O)(=O)c1cnc(Cl)c(C(=O)NCc2ccccn2)c1. The highest BCUT2D eigenvalue weighted by molar-refractivity contribution is 7.89. The van der Waals surface area contributed by atoms with Crippen LogP contribution in [-0.2, 0) is 16.6 Å². The van der Waals surface area contributed by atoms with Crippen molar-refractivity contribution in [1.29, 1.82) is 0 Å². The molecule has 2 aromatic heterocycles. The molecule has 0 bridgehead atoms. The van der Waals surface area contributed by atoms with E-state index in [9.17, 15) is 13.2 Å². The van der Waals surface area contributed by atoms with Gasteiger partial charge in [0.15, 0.2) is 0 Å². The molecule has 0 aliphatic carbocycles. The molecule has 1 amide bonds. The maximum Gasteiger partial charge on any atom is 0.254 e. The van der Waals surface area contributed by atoms with Crippen molar-refractivity contribution in [3.05, 3.63) is 53.1 Å². The van der Waals surface area contributed by atoms with Crippen molar-refractivity contribution in [3.63, 3.8) is 0 Å². The lowest BCUT2D eigenvalue weighted by Gasteiger charge is -2.07. The predicted octanol–water partition coefficient (Wildman–Crippen LogP) is 0.707. The van der Waals surface area contributed by atoms with Gasteiger partial charge in [-0.05, 0) is 18.2 Å². The zero-order valence-electron chi connectivity index (χ0n) is 10.7. The first-order chi connectivity index (χ1) is 9.88. The van der Waals surface area contributed by atoms with Crippen LogP contribution in [0.2, 0.25) is 5.15 Å². The van der Waals surface area contributed by atoms with E-state index in [-0.39, 0.29) is 22.2 Å². The molecule has 0 aliphatic rings. The molecule has 3 N–H and O–H groups in total. The summed E-state index contributed by atoms with van der Waals surface area (Å²) in [6, 6.07) is 6.35. The Hall–Kier alpha value is -2.03. The van der Waals surface area contributed by atoms with Crippen LogP contribution >= 0.6 is 11.6 Å². The maximum absolute atomic E-state index is 12.0. The van der Waals surface area contributed by atoms with Crippen LogP contribution in [0.5, 0.6) is 0 Å². The van der Waals surface area contributed by atoms with Crippen molar-refractivity contribution in [2.75, 3.05) is 0 Å². The number of nitrogens with zero attached hydrogens (tertiary/aromatic N) is 2. The fourth-order valence-corrected chi connectivity index (χ4v) is 2.18. The number of amides is 1. The van der Waals surface area contributed by atoms with Crippen LogP contribution < -0.4 is 10.5 Å². The Morgan fingerprint density at radius 3 is 2.71 bits per heavy atom. The first-order valence-corrected chi connectivity index (χ1v) is 7.67. The van der Waals surface area contributed by atoms with Crippen molar-refractivity contribution >= 4 is 27.5 Å². The second-order valence-corrected chi connectivity index (χ2v) is 5.98. The molecular formula is C12H11ClN4O3S. The van der Waals surface area contributed by atoms with Gasteiger partial charge in [0.1, 0.15) is 10.0 Å². The van der Waals surface area contributed by atoms with Gasteiger partial charge in [-0.3, -0.25) is 9.78 Å². The summed E-state index contributed by atoms with van der Waals surface area (Å²) in [7, 11) is -3.96. The van der Waals surface area contributed by atoms with Crippen LogP contribution in [0, 0.1) is 0 Å². The van der Waals surface area contributed by atoms with Crippen molar-refractivity contribution in [2.24, 2.45) is 5.14 Å². The number of hydrogen-bond acceptors (Lipinski definition) is 5. The molecular weight excluding hydrogens is 316 g/mol. The van der Waals surface area contributed by atoms with Crippen LogP contribution in [0.15, 0.2) is 41.6 Å². The number of nitrogens with two attached hydrogens (primary N) is 1. The van der Waals surface area contributed by atoms with Crippen LogP contribution in [0.3, 0.4) is 0 Å². The summed E-state index contributed by atoms with van der Waals surface area (Å²) in [5, 5.41) is 7.45. The quantitative estimate of drug-likeness (QED) is 0.803. The number of carbonyl (C=O) groups excluding carboxylic acids is 1. The van der Waals surface area contributed by atoms with E-state index >= 15 is 0 Å². The Morgan fingerprint density at radius 1 is 1.33 bits per heavy atom. The number of rotatable bonds is 4. The summed E-state index contributed by atoms with van der Waals surface area (Å²) in [4.78, 5) is 19.4. The minimum Gasteiger partial charge on any atom is -0.346 e. The van der Waals surface area contributed by atoms with Crippen LogP contribution in [0.25, 0.3) is 0 Å². The van der Waals surface area contributed by atoms with Crippen molar-refractivity contribution in [2.45, 2.75) is 11.4 Å². The van der Waals surface area contributed by atoms with Crippen LogP contribution in [0.4, 0.5) is 0 Å². The molecule has 0 spiro atoms. The smallest absolute Gasteiger partial charge is 0.254 e. The molecule has 0 radical (unpaired) electrons. The fourth-order valence-electron chi connectivity index (χ4n) is 1.51. The summed E-state index contributed by atoms with van der Waals surface area (Å²) in [5.41, 5.74) is 0.580. The van der Waals surface area contributed by atoms with Gasteiger partial charge in [-0.15, -0.1) is 0 Å². The first-order valence-electron chi connectivity index (χ1n) is 5.74. The number of aromatic nitrogens is 2. The molecule has 0 saturated heterocycles. The van der Waals surface area contributed by atoms with Gasteiger partial charge in [-0.2, -0.15) is 0 Å². The molecule has 0 atom stereocenters. The minimum absolute atomic E-state index is 0.0703. The lowest BCUT2D eigenvalue weighted by atomic mass is 10.2.